The molecule has 0 bridgehead atoms. The predicted octanol–water partition coefficient (Wildman–Crippen LogP) is 3.80. The van der Waals surface area contributed by atoms with Gasteiger partial charge in [0.05, 0.1) is 14.7 Å². The van der Waals surface area contributed by atoms with Crippen molar-refractivity contribution >= 4 is 33.2 Å². The van der Waals surface area contributed by atoms with Crippen molar-refractivity contribution in [3.8, 4) is 0 Å². The number of fused-ring (bicyclic) bond motifs is 1. The van der Waals surface area contributed by atoms with Crippen LogP contribution in [0.1, 0.15) is 24.4 Å². The van der Waals surface area contributed by atoms with Crippen LogP contribution in [-0.2, 0) is 6.42 Å². The molecule has 0 atom stereocenters. The molecule has 0 amide bonds. The molecule has 0 saturated heterocycles. The third-order valence-electron chi connectivity index (χ3n) is 2.53. The molecule has 0 aliphatic carbocycles. The Balaban J connectivity index is 2.17. The van der Waals surface area contributed by atoms with Crippen LogP contribution in [0.2, 0.25) is 5.02 Å². The van der Waals surface area contributed by atoms with Crippen LogP contribution < -0.4 is 5.32 Å². The molecule has 2 aromatic rings. The largest absolute Gasteiger partial charge is 0.314 e. The lowest BCUT2D eigenvalue weighted by Crippen LogP contribution is -2.24. The SMILES string of the molecule is Cc1cc(Cl)c2nc(CCNC(C)C)sc2c1. The molecule has 92 valence electrons. The van der Waals surface area contributed by atoms with E-state index in [4.69, 9.17) is 11.6 Å². The first-order valence-electron chi connectivity index (χ1n) is 5.85. The second-order valence-corrected chi connectivity index (χ2v) is 6.08. The first-order valence-corrected chi connectivity index (χ1v) is 7.04. The quantitative estimate of drug-likeness (QED) is 0.912. The molecular formula is C13H17ClN2S. The number of halogens is 1. The summed E-state index contributed by atoms with van der Waals surface area (Å²) in [5.74, 6) is 0. The summed E-state index contributed by atoms with van der Waals surface area (Å²) in [4.78, 5) is 4.60. The number of aryl methyl sites for hydroxylation is 1. The minimum absolute atomic E-state index is 0.523. The van der Waals surface area contributed by atoms with E-state index in [1.165, 1.54) is 10.3 Å². The average Bonchev–Trinajstić information content (AvgIpc) is 2.60. The summed E-state index contributed by atoms with van der Waals surface area (Å²) < 4.78 is 1.19. The third kappa shape index (κ3) is 3.18. The molecule has 0 aliphatic rings. The number of nitrogens with one attached hydrogen (secondary N) is 1. The fourth-order valence-corrected chi connectivity index (χ4v) is 3.20. The minimum atomic E-state index is 0.523. The molecule has 0 unspecified atom stereocenters. The maximum atomic E-state index is 6.19. The van der Waals surface area contributed by atoms with Gasteiger partial charge in [0.25, 0.3) is 0 Å². The Morgan fingerprint density at radius 3 is 2.88 bits per heavy atom. The van der Waals surface area contributed by atoms with Gasteiger partial charge in [0.2, 0.25) is 0 Å². The summed E-state index contributed by atoms with van der Waals surface area (Å²) in [5, 5.41) is 5.31. The van der Waals surface area contributed by atoms with Crippen LogP contribution in [0, 0.1) is 6.92 Å². The van der Waals surface area contributed by atoms with Crippen LogP contribution in [0.25, 0.3) is 10.2 Å². The number of rotatable bonds is 4. The van der Waals surface area contributed by atoms with E-state index in [0.29, 0.717) is 6.04 Å². The first kappa shape index (κ1) is 12.8. The van der Waals surface area contributed by atoms with Crippen LogP contribution in [0.3, 0.4) is 0 Å². The van der Waals surface area contributed by atoms with E-state index in [9.17, 15) is 0 Å². The van der Waals surface area contributed by atoms with E-state index in [-0.39, 0.29) is 0 Å². The third-order valence-corrected chi connectivity index (χ3v) is 3.88. The summed E-state index contributed by atoms with van der Waals surface area (Å²) in [7, 11) is 0. The maximum Gasteiger partial charge on any atom is 0.100 e. The van der Waals surface area contributed by atoms with E-state index in [1.54, 1.807) is 11.3 Å². The second-order valence-electron chi connectivity index (χ2n) is 4.56. The lowest BCUT2D eigenvalue weighted by atomic mass is 10.2. The van der Waals surface area contributed by atoms with Crippen molar-refractivity contribution in [2.24, 2.45) is 0 Å². The zero-order valence-electron chi connectivity index (χ0n) is 10.4. The summed E-state index contributed by atoms with van der Waals surface area (Å²) in [6, 6.07) is 4.65. The van der Waals surface area contributed by atoms with Crippen LogP contribution in [0.4, 0.5) is 0 Å². The van der Waals surface area contributed by atoms with Gasteiger partial charge in [-0.15, -0.1) is 11.3 Å². The van der Waals surface area contributed by atoms with Crippen LogP contribution in [-0.4, -0.2) is 17.6 Å². The van der Waals surface area contributed by atoms with Gasteiger partial charge in [0.15, 0.2) is 0 Å². The molecule has 0 fully saturated rings. The van der Waals surface area contributed by atoms with Gasteiger partial charge in [0.1, 0.15) is 5.52 Å². The van der Waals surface area contributed by atoms with Gasteiger partial charge in [0, 0.05) is 19.0 Å². The first-order chi connectivity index (χ1) is 8.06. The van der Waals surface area contributed by atoms with E-state index in [0.717, 1.165) is 28.5 Å². The van der Waals surface area contributed by atoms with Crippen molar-refractivity contribution in [1.29, 1.82) is 0 Å². The molecule has 0 radical (unpaired) electrons. The predicted molar refractivity (Wildman–Crippen MR) is 76.2 cm³/mol. The van der Waals surface area contributed by atoms with Crippen molar-refractivity contribution in [1.82, 2.24) is 10.3 Å². The highest BCUT2D eigenvalue weighted by atomic mass is 35.5. The fourth-order valence-electron chi connectivity index (χ4n) is 1.74. The van der Waals surface area contributed by atoms with E-state index < -0.39 is 0 Å². The number of hydrogen-bond acceptors (Lipinski definition) is 3. The lowest BCUT2D eigenvalue weighted by Gasteiger charge is -2.05. The van der Waals surface area contributed by atoms with Crippen molar-refractivity contribution in [3.63, 3.8) is 0 Å². The molecule has 2 nitrogen and oxygen atoms in total. The Bertz CT molecular complexity index is 519. The molecule has 1 N–H and O–H groups in total. The van der Waals surface area contributed by atoms with Gasteiger partial charge < -0.3 is 5.32 Å². The molecule has 2 rings (SSSR count). The molecule has 1 heterocycles. The van der Waals surface area contributed by atoms with E-state index in [2.05, 4.69) is 37.1 Å². The minimum Gasteiger partial charge on any atom is -0.314 e. The summed E-state index contributed by atoms with van der Waals surface area (Å²) in [6.07, 6.45) is 0.965. The summed E-state index contributed by atoms with van der Waals surface area (Å²) in [6.45, 7) is 7.33. The lowest BCUT2D eigenvalue weighted by molar-refractivity contribution is 0.590. The average molecular weight is 269 g/mol. The number of hydrogen-bond donors (Lipinski definition) is 1. The van der Waals surface area contributed by atoms with Gasteiger partial charge in [-0.05, 0) is 24.6 Å². The molecule has 17 heavy (non-hydrogen) atoms. The van der Waals surface area contributed by atoms with Gasteiger partial charge in [-0.1, -0.05) is 25.4 Å². The van der Waals surface area contributed by atoms with E-state index in [1.807, 2.05) is 6.07 Å². The molecule has 0 saturated carbocycles. The summed E-state index contributed by atoms with van der Waals surface area (Å²) in [5.41, 5.74) is 2.14. The highest BCUT2D eigenvalue weighted by Crippen LogP contribution is 2.29. The highest BCUT2D eigenvalue weighted by molar-refractivity contribution is 7.18. The Morgan fingerprint density at radius 2 is 2.18 bits per heavy atom. The molecular weight excluding hydrogens is 252 g/mol. The van der Waals surface area contributed by atoms with Crippen LogP contribution >= 0.6 is 22.9 Å². The Morgan fingerprint density at radius 1 is 1.41 bits per heavy atom. The van der Waals surface area contributed by atoms with Gasteiger partial charge in [-0.2, -0.15) is 0 Å². The number of benzene rings is 1. The van der Waals surface area contributed by atoms with Crippen molar-refractivity contribution in [3.05, 3.63) is 27.7 Å². The zero-order valence-corrected chi connectivity index (χ0v) is 12.0. The Labute approximate surface area is 111 Å². The van der Waals surface area contributed by atoms with E-state index >= 15 is 0 Å². The van der Waals surface area contributed by atoms with Crippen LogP contribution in [0.15, 0.2) is 12.1 Å². The van der Waals surface area contributed by atoms with Crippen molar-refractivity contribution in [2.45, 2.75) is 33.2 Å². The number of aromatic nitrogens is 1. The number of thiazole rings is 1. The summed E-state index contributed by atoms with van der Waals surface area (Å²) >= 11 is 7.93. The van der Waals surface area contributed by atoms with Gasteiger partial charge >= 0.3 is 0 Å². The second kappa shape index (κ2) is 5.34. The Hall–Kier alpha value is -0.640. The number of nitrogens with zero attached hydrogens (tertiary/aromatic N) is 1. The molecule has 1 aromatic heterocycles. The smallest absolute Gasteiger partial charge is 0.100 e. The maximum absolute atomic E-state index is 6.19. The molecule has 1 aromatic carbocycles. The van der Waals surface area contributed by atoms with Crippen molar-refractivity contribution < 1.29 is 0 Å². The highest BCUT2D eigenvalue weighted by Gasteiger charge is 2.08. The van der Waals surface area contributed by atoms with Crippen molar-refractivity contribution in [2.75, 3.05) is 6.54 Å². The molecule has 4 heteroatoms. The topological polar surface area (TPSA) is 24.9 Å². The standard InChI is InChI=1S/C13H17ClN2S/c1-8(2)15-5-4-12-16-13-10(14)6-9(3)7-11(13)17-12/h6-8,15H,4-5H2,1-3H3. The monoisotopic (exact) mass is 268 g/mol. The molecule has 0 aliphatic heterocycles. The fraction of sp³-hybridized carbons (Fsp3) is 0.462. The van der Waals surface area contributed by atoms with Gasteiger partial charge in [-0.3, -0.25) is 0 Å². The zero-order chi connectivity index (χ0) is 12.4. The molecule has 0 spiro atoms. The van der Waals surface area contributed by atoms with Crippen LogP contribution in [0.5, 0.6) is 0 Å². The normalized spacial score (nSPS) is 11.6. The Kier molecular flexibility index (Phi) is 4.02. The van der Waals surface area contributed by atoms with Gasteiger partial charge in [-0.25, -0.2) is 4.98 Å².